The lowest BCUT2D eigenvalue weighted by atomic mass is 10.1. The Hall–Kier alpha value is -6.45. The van der Waals surface area contributed by atoms with Gasteiger partial charge in [-0.2, -0.15) is 25.3 Å². The van der Waals surface area contributed by atoms with Gasteiger partial charge < -0.3 is 14.8 Å². The van der Waals surface area contributed by atoms with Crippen LogP contribution in [-0.2, 0) is 18.4 Å². The van der Waals surface area contributed by atoms with E-state index in [0.717, 1.165) is 66.1 Å². The van der Waals surface area contributed by atoms with Crippen molar-refractivity contribution in [2.75, 3.05) is 32.0 Å². The van der Waals surface area contributed by atoms with Crippen molar-refractivity contribution >= 4 is 62.7 Å². The molecule has 0 aliphatic heterocycles. The summed E-state index contributed by atoms with van der Waals surface area (Å²) in [6, 6.07) is 8.67. The maximum atomic E-state index is 13.5. The van der Waals surface area contributed by atoms with Crippen LogP contribution < -0.4 is 31.5 Å². The monoisotopic (exact) mass is 1090 g/mol. The van der Waals surface area contributed by atoms with E-state index in [1.165, 1.54) is 35.3 Å². The van der Waals surface area contributed by atoms with E-state index in [1.54, 1.807) is 25.3 Å². The van der Waals surface area contributed by atoms with Gasteiger partial charge in [0.25, 0.3) is 11.1 Å². The van der Waals surface area contributed by atoms with Crippen LogP contribution in [0.15, 0.2) is 85.6 Å². The second-order valence-corrected chi connectivity index (χ2v) is 15.7. The van der Waals surface area contributed by atoms with E-state index in [-0.39, 0.29) is 46.0 Å². The molecule has 2 N–H and O–H groups in total. The van der Waals surface area contributed by atoms with Crippen molar-refractivity contribution < 1.29 is 49.0 Å². The van der Waals surface area contributed by atoms with Gasteiger partial charge in [-0.3, -0.25) is 19.4 Å². The molecule has 0 spiro atoms. The number of ether oxygens (including phenoxy) is 2. The number of anilines is 2. The van der Waals surface area contributed by atoms with Gasteiger partial charge in [-0.25, -0.2) is 48.9 Å². The van der Waals surface area contributed by atoms with E-state index in [4.69, 9.17) is 21.1 Å². The van der Waals surface area contributed by atoms with E-state index in [9.17, 15) is 53.9 Å². The van der Waals surface area contributed by atoms with E-state index in [2.05, 4.69) is 56.6 Å². The van der Waals surface area contributed by atoms with Gasteiger partial charge in [0, 0.05) is 17.1 Å². The van der Waals surface area contributed by atoms with E-state index in [1.807, 2.05) is 6.26 Å². The zero-order valence-corrected chi connectivity index (χ0v) is 40.0. The van der Waals surface area contributed by atoms with Crippen LogP contribution in [0.1, 0.15) is 22.3 Å². The maximum Gasteiger partial charge on any atom is 0.311 e. The van der Waals surface area contributed by atoms with Gasteiger partial charge in [0.05, 0.1) is 27.3 Å². The number of aromatic nitrogens is 9. The molecule has 0 saturated heterocycles. The number of aromatic amines is 1. The largest absolute Gasteiger partial charge is 0.493 e. The topological polar surface area (TPSA) is 185 Å². The number of halogens is 11. The molecule has 0 radical (unpaired) electrons. The summed E-state index contributed by atoms with van der Waals surface area (Å²) in [4.78, 5) is 43.5. The van der Waals surface area contributed by atoms with Crippen LogP contribution >= 0.6 is 51.1 Å². The van der Waals surface area contributed by atoms with Crippen molar-refractivity contribution in [3.63, 3.8) is 0 Å². The van der Waals surface area contributed by atoms with Gasteiger partial charge in [0.1, 0.15) is 12.4 Å². The SMILES string of the molecule is COc1cc(C)c(Nc2nc(=O)cnn2Cc2cc(F)c(F)c(F)c2)cc1OC.CSc1nc(=O)c(Cl)nn1Cc1cc(F)c(F)c(F)c1.CSc1nncc(=O)[nH]1.Fc1cc(CBr)cc(F)c1F. The molecular formula is C41H33BrClF9N10O5S2. The molecule has 69 heavy (non-hydrogen) atoms. The third kappa shape index (κ3) is 15.5. The fourth-order valence-corrected chi connectivity index (χ4v) is 6.54. The van der Waals surface area contributed by atoms with Crippen LogP contribution in [0.4, 0.5) is 51.1 Å². The number of hydrogen-bond donors (Lipinski definition) is 2. The van der Waals surface area contributed by atoms with Gasteiger partial charge >= 0.3 is 5.56 Å². The minimum atomic E-state index is -1.56. The Bertz CT molecular complexity index is 3050. The summed E-state index contributed by atoms with van der Waals surface area (Å²) in [5, 5.41) is 18.4. The highest BCUT2D eigenvalue weighted by Gasteiger charge is 2.17. The third-order valence-corrected chi connectivity index (χ3v) is 10.5. The molecule has 0 unspecified atom stereocenters. The van der Waals surface area contributed by atoms with Crippen LogP contribution in [0.2, 0.25) is 5.15 Å². The first-order valence-electron chi connectivity index (χ1n) is 18.8. The van der Waals surface area contributed by atoms with Crippen molar-refractivity contribution in [1.29, 1.82) is 0 Å². The summed E-state index contributed by atoms with van der Waals surface area (Å²) in [5.41, 5.74) is 0.397. The molecule has 28 heteroatoms. The highest BCUT2D eigenvalue weighted by Crippen LogP contribution is 2.34. The highest BCUT2D eigenvalue weighted by atomic mass is 79.9. The molecule has 0 bridgehead atoms. The summed E-state index contributed by atoms with van der Waals surface area (Å²) in [6.07, 6.45) is 5.57. The molecule has 4 aromatic carbocycles. The fraction of sp³-hybridized carbons (Fsp3) is 0.195. The predicted molar refractivity (Wildman–Crippen MR) is 241 cm³/mol. The number of H-pyrrole nitrogens is 1. The van der Waals surface area contributed by atoms with Gasteiger partial charge in [0.15, 0.2) is 74.2 Å². The second kappa shape index (κ2) is 25.8. The Kier molecular flexibility index (Phi) is 20.6. The Morgan fingerprint density at radius 2 is 1.19 bits per heavy atom. The molecule has 0 aliphatic carbocycles. The minimum Gasteiger partial charge on any atom is -0.493 e. The Morgan fingerprint density at radius 3 is 1.64 bits per heavy atom. The number of rotatable bonds is 11. The maximum absolute atomic E-state index is 13.5. The first kappa shape index (κ1) is 55.1. The molecule has 0 saturated carbocycles. The summed E-state index contributed by atoms with van der Waals surface area (Å²) in [5.74, 6) is -11.1. The third-order valence-electron chi connectivity index (χ3n) is 8.43. The zero-order chi connectivity index (χ0) is 51.1. The molecule has 366 valence electrons. The van der Waals surface area contributed by atoms with Gasteiger partial charge in [-0.15, -0.1) is 5.10 Å². The fourth-order valence-electron chi connectivity index (χ4n) is 5.26. The van der Waals surface area contributed by atoms with E-state index >= 15 is 0 Å². The standard InChI is InChI=1S/C19H17F3N4O3.C11H7ClF3N3OS.C7H4BrF3.C4H5N3OS/c1-10-4-15(28-2)16(29-3)7-14(10)24-19-25-17(27)8-23-26(19)9-11-5-12(20)18(22)13(21)6-11;1-20-11-16-10(19)9(12)17-18(11)4-5-2-6(13)8(15)7(14)3-5;8-3-4-1-5(9)7(11)6(10)2-4;1-9-4-6-3(8)2-5-7-4/h4-8H,9H2,1-3H3,(H,24,25,27);2-3H,4H2,1H3;1-2H,3H2;2H,1H3,(H,6,7,8). The van der Waals surface area contributed by atoms with E-state index < -0.39 is 63.5 Å². The number of nitrogens with one attached hydrogen (secondary N) is 2. The molecule has 3 aromatic heterocycles. The van der Waals surface area contributed by atoms with Gasteiger partial charge in [-0.05, 0) is 84.2 Å². The number of alkyl halides is 1. The second-order valence-electron chi connectivity index (χ2n) is 13.2. The highest BCUT2D eigenvalue weighted by molar-refractivity contribution is 9.08. The molecule has 3 heterocycles. The Balaban J connectivity index is 0.000000222. The van der Waals surface area contributed by atoms with Crippen LogP contribution in [0.3, 0.4) is 0 Å². The normalized spacial score (nSPS) is 10.5. The average Bonchev–Trinajstić information content (AvgIpc) is 3.32. The Labute approximate surface area is 405 Å². The van der Waals surface area contributed by atoms with Gasteiger partial charge in [0.2, 0.25) is 11.1 Å². The molecule has 0 aliphatic rings. The van der Waals surface area contributed by atoms with Crippen molar-refractivity contribution in [3.05, 3.63) is 172 Å². The summed E-state index contributed by atoms with van der Waals surface area (Å²) < 4.78 is 129. The molecule has 7 rings (SSSR count). The molecule has 15 nitrogen and oxygen atoms in total. The Morgan fingerprint density at radius 1 is 0.696 bits per heavy atom. The first-order chi connectivity index (χ1) is 32.7. The quantitative estimate of drug-likeness (QED) is 0.0544. The number of benzene rings is 4. The lowest BCUT2D eigenvalue weighted by Gasteiger charge is -2.16. The average molecular weight is 1100 g/mol. The molecule has 0 amide bonds. The van der Waals surface area contributed by atoms with Crippen LogP contribution in [-0.4, -0.2) is 71.4 Å². The number of methoxy groups -OCH3 is 2. The van der Waals surface area contributed by atoms with Crippen molar-refractivity contribution in [2.24, 2.45) is 0 Å². The number of hydrogen-bond acceptors (Lipinski definition) is 14. The van der Waals surface area contributed by atoms with Gasteiger partial charge in [-0.1, -0.05) is 51.1 Å². The van der Waals surface area contributed by atoms with Crippen LogP contribution in [0.5, 0.6) is 11.5 Å². The number of nitrogens with zero attached hydrogens (tertiary/aromatic N) is 8. The smallest absolute Gasteiger partial charge is 0.311 e. The summed E-state index contributed by atoms with van der Waals surface area (Å²) in [6.45, 7) is 1.54. The molecule has 0 atom stereocenters. The van der Waals surface area contributed by atoms with Crippen LogP contribution in [0, 0.1) is 59.3 Å². The zero-order valence-electron chi connectivity index (χ0n) is 36.0. The lowest BCUT2D eigenvalue weighted by molar-refractivity contribution is 0.355. The predicted octanol–water partition coefficient (Wildman–Crippen LogP) is 8.54. The van der Waals surface area contributed by atoms with Crippen molar-refractivity contribution in [1.82, 2.24) is 44.7 Å². The molecule has 0 fully saturated rings. The summed E-state index contributed by atoms with van der Waals surface area (Å²) >= 11 is 11.0. The van der Waals surface area contributed by atoms with Crippen molar-refractivity contribution in [3.8, 4) is 11.5 Å². The molecular weight excluding hydrogens is 1060 g/mol. The number of thioether (sulfide) groups is 2. The minimum absolute atomic E-state index is 0.0259. The van der Waals surface area contributed by atoms with Crippen molar-refractivity contribution in [2.45, 2.75) is 35.7 Å². The summed E-state index contributed by atoms with van der Waals surface area (Å²) in [7, 11) is 2.98. The van der Waals surface area contributed by atoms with E-state index in [0.29, 0.717) is 33.2 Å². The first-order valence-corrected chi connectivity index (χ1v) is 22.7. The lowest BCUT2D eigenvalue weighted by Crippen LogP contribution is -2.19. The van der Waals surface area contributed by atoms with Crippen LogP contribution in [0.25, 0.3) is 0 Å². The molecule has 7 aromatic rings. The number of aryl methyl sites for hydroxylation is 1.